The summed E-state index contributed by atoms with van der Waals surface area (Å²) in [5, 5.41) is 5.13. The molecule has 0 radical (unpaired) electrons. The largest absolute Gasteiger partial charge is 0.497 e. The van der Waals surface area contributed by atoms with Gasteiger partial charge in [0.05, 0.1) is 37.9 Å². The van der Waals surface area contributed by atoms with E-state index in [0.29, 0.717) is 46.4 Å². The third kappa shape index (κ3) is 3.89. The Labute approximate surface area is 179 Å². The Hall–Kier alpha value is -3.32. The van der Waals surface area contributed by atoms with Gasteiger partial charge >= 0.3 is 0 Å². The predicted octanol–water partition coefficient (Wildman–Crippen LogP) is 2.90. The van der Waals surface area contributed by atoms with Crippen molar-refractivity contribution >= 4 is 23.4 Å². The van der Waals surface area contributed by atoms with E-state index in [0.717, 1.165) is 5.56 Å². The molecule has 2 amide bonds. The molecule has 0 saturated carbocycles. The lowest BCUT2D eigenvalue weighted by molar-refractivity contribution is -0.132. The molecule has 1 aliphatic heterocycles. The zero-order chi connectivity index (χ0) is 21.3. The van der Waals surface area contributed by atoms with Crippen molar-refractivity contribution < 1.29 is 14.3 Å². The van der Waals surface area contributed by atoms with Crippen LogP contribution in [0.1, 0.15) is 21.6 Å². The highest BCUT2D eigenvalue weighted by Gasteiger charge is 2.29. The highest BCUT2D eigenvalue weighted by Crippen LogP contribution is 2.30. The summed E-state index contributed by atoms with van der Waals surface area (Å²) < 4.78 is 6.98. The first-order valence-electron chi connectivity index (χ1n) is 9.52. The zero-order valence-electron chi connectivity index (χ0n) is 16.5. The Morgan fingerprint density at radius 2 is 1.97 bits per heavy atom. The average Bonchev–Trinajstić information content (AvgIpc) is 3.13. The van der Waals surface area contributed by atoms with E-state index in [2.05, 4.69) is 5.10 Å². The number of primary amides is 1. The zero-order valence-corrected chi connectivity index (χ0v) is 17.2. The minimum atomic E-state index is -0.576. The van der Waals surface area contributed by atoms with E-state index in [1.807, 2.05) is 30.3 Å². The van der Waals surface area contributed by atoms with E-state index in [-0.39, 0.29) is 18.9 Å². The first-order valence-corrected chi connectivity index (χ1v) is 9.90. The smallest absolute Gasteiger partial charge is 0.252 e. The van der Waals surface area contributed by atoms with Gasteiger partial charge in [-0.15, -0.1) is 0 Å². The number of fused-ring (bicyclic) bond motifs is 1. The van der Waals surface area contributed by atoms with Crippen LogP contribution in [-0.4, -0.2) is 40.1 Å². The Balaban J connectivity index is 1.61. The summed E-state index contributed by atoms with van der Waals surface area (Å²) in [6.45, 7) is 1.26. The van der Waals surface area contributed by atoms with Crippen molar-refractivity contribution in [3.05, 3.63) is 70.4 Å². The Kier molecular flexibility index (Phi) is 5.46. The van der Waals surface area contributed by atoms with Crippen LogP contribution in [0.4, 0.5) is 0 Å². The third-order valence-corrected chi connectivity index (χ3v) is 5.40. The number of ether oxygens (including phenoxy) is 1. The van der Waals surface area contributed by atoms with Crippen molar-refractivity contribution in [2.45, 2.75) is 19.5 Å². The number of hydrogen-bond acceptors (Lipinski definition) is 4. The third-order valence-electron chi connectivity index (χ3n) is 5.17. The number of rotatable bonds is 5. The van der Waals surface area contributed by atoms with Crippen LogP contribution < -0.4 is 10.5 Å². The maximum Gasteiger partial charge on any atom is 0.252 e. The van der Waals surface area contributed by atoms with Gasteiger partial charge in [-0.25, -0.2) is 0 Å². The fraction of sp³-hybridized carbons (Fsp3) is 0.227. The lowest BCUT2D eigenvalue weighted by Gasteiger charge is -2.28. The van der Waals surface area contributed by atoms with E-state index in [4.69, 9.17) is 22.1 Å². The predicted molar refractivity (Wildman–Crippen MR) is 113 cm³/mol. The SMILES string of the molecule is COc1cccc(CC(=O)N2CCn3nc(-c4cccc(Cl)c4)c(C(N)=O)c3C2)c1. The van der Waals surface area contributed by atoms with Crippen LogP contribution in [0.3, 0.4) is 0 Å². The molecule has 0 bridgehead atoms. The molecule has 7 nitrogen and oxygen atoms in total. The van der Waals surface area contributed by atoms with Crippen LogP contribution in [0.15, 0.2) is 48.5 Å². The Bertz CT molecular complexity index is 1130. The average molecular weight is 425 g/mol. The van der Waals surface area contributed by atoms with Gasteiger partial charge in [-0.1, -0.05) is 35.9 Å². The number of carbonyl (C=O) groups excluding carboxylic acids is 2. The molecule has 154 valence electrons. The second-order valence-corrected chi connectivity index (χ2v) is 7.55. The van der Waals surface area contributed by atoms with Crippen LogP contribution in [0, 0.1) is 0 Å². The van der Waals surface area contributed by atoms with Crippen molar-refractivity contribution in [2.24, 2.45) is 5.73 Å². The van der Waals surface area contributed by atoms with Gasteiger partial charge in [-0.3, -0.25) is 14.3 Å². The summed E-state index contributed by atoms with van der Waals surface area (Å²) in [6, 6.07) is 14.6. The second-order valence-electron chi connectivity index (χ2n) is 7.11. The number of nitrogens with two attached hydrogens (primary N) is 1. The van der Waals surface area contributed by atoms with Gasteiger partial charge in [-0.2, -0.15) is 5.10 Å². The number of halogens is 1. The molecule has 1 aromatic heterocycles. The number of nitrogens with zero attached hydrogens (tertiary/aromatic N) is 3. The van der Waals surface area contributed by atoms with Gasteiger partial charge < -0.3 is 15.4 Å². The van der Waals surface area contributed by atoms with Crippen LogP contribution in [-0.2, 0) is 24.3 Å². The normalized spacial score (nSPS) is 13.1. The number of hydrogen-bond donors (Lipinski definition) is 1. The molecule has 30 heavy (non-hydrogen) atoms. The number of aromatic nitrogens is 2. The molecule has 0 spiro atoms. The van der Waals surface area contributed by atoms with Crippen molar-refractivity contribution in [1.82, 2.24) is 14.7 Å². The molecule has 2 N–H and O–H groups in total. The molecule has 1 aliphatic rings. The quantitative estimate of drug-likeness (QED) is 0.681. The van der Waals surface area contributed by atoms with Gasteiger partial charge in [0.2, 0.25) is 5.91 Å². The standard InChI is InChI=1S/C22H21ClN4O3/c1-30-17-7-2-4-14(10-17)11-19(28)26-8-9-27-18(13-26)20(22(24)29)21(25-27)15-5-3-6-16(23)12-15/h2-7,10,12H,8-9,11,13H2,1H3,(H2,24,29). The fourth-order valence-electron chi connectivity index (χ4n) is 3.70. The van der Waals surface area contributed by atoms with E-state index in [1.54, 1.807) is 34.9 Å². The Morgan fingerprint density at radius 1 is 1.17 bits per heavy atom. The monoisotopic (exact) mass is 424 g/mol. The van der Waals surface area contributed by atoms with Crippen LogP contribution in [0.25, 0.3) is 11.3 Å². The van der Waals surface area contributed by atoms with Crippen molar-refractivity contribution in [1.29, 1.82) is 0 Å². The molecule has 4 rings (SSSR count). The summed E-state index contributed by atoms with van der Waals surface area (Å²) in [5.74, 6) is 0.1000. The summed E-state index contributed by atoms with van der Waals surface area (Å²) in [4.78, 5) is 26.9. The molecular weight excluding hydrogens is 404 g/mol. The van der Waals surface area contributed by atoms with E-state index in [1.165, 1.54) is 0 Å². The summed E-state index contributed by atoms with van der Waals surface area (Å²) in [5.41, 5.74) is 8.74. The van der Waals surface area contributed by atoms with Crippen molar-refractivity contribution in [3.63, 3.8) is 0 Å². The van der Waals surface area contributed by atoms with E-state index >= 15 is 0 Å². The minimum absolute atomic E-state index is 0.0320. The molecule has 0 fully saturated rings. The maximum atomic E-state index is 12.9. The first-order chi connectivity index (χ1) is 14.5. The van der Waals surface area contributed by atoms with Crippen LogP contribution >= 0.6 is 11.6 Å². The van der Waals surface area contributed by atoms with Gasteiger partial charge in [0, 0.05) is 17.1 Å². The van der Waals surface area contributed by atoms with Gasteiger partial charge in [0.15, 0.2) is 0 Å². The minimum Gasteiger partial charge on any atom is -0.497 e. The number of methoxy groups -OCH3 is 1. The summed E-state index contributed by atoms with van der Waals surface area (Å²) in [6.07, 6.45) is 0.248. The van der Waals surface area contributed by atoms with E-state index in [9.17, 15) is 9.59 Å². The summed E-state index contributed by atoms with van der Waals surface area (Å²) >= 11 is 6.10. The number of carbonyl (C=O) groups is 2. The highest BCUT2D eigenvalue weighted by atomic mass is 35.5. The molecule has 0 saturated heterocycles. The van der Waals surface area contributed by atoms with Gasteiger partial charge in [0.1, 0.15) is 11.4 Å². The highest BCUT2D eigenvalue weighted by molar-refractivity contribution is 6.30. The lowest BCUT2D eigenvalue weighted by Crippen LogP contribution is -2.40. The van der Waals surface area contributed by atoms with Crippen molar-refractivity contribution in [2.75, 3.05) is 13.7 Å². The fourth-order valence-corrected chi connectivity index (χ4v) is 3.89. The molecule has 0 aliphatic carbocycles. The van der Waals surface area contributed by atoms with Crippen molar-refractivity contribution in [3.8, 4) is 17.0 Å². The molecule has 8 heteroatoms. The molecule has 3 aromatic rings. The van der Waals surface area contributed by atoms with E-state index < -0.39 is 5.91 Å². The van der Waals surface area contributed by atoms with Gasteiger partial charge in [-0.05, 0) is 29.8 Å². The second kappa shape index (κ2) is 8.20. The number of benzene rings is 2. The molecule has 0 unspecified atom stereocenters. The maximum absolute atomic E-state index is 12.9. The van der Waals surface area contributed by atoms with Gasteiger partial charge in [0.25, 0.3) is 5.91 Å². The lowest BCUT2D eigenvalue weighted by atomic mass is 10.0. The summed E-state index contributed by atoms with van der Waals surface area (Å²) in [7, 11) is 1.59. The van der Waals surface area contributed by atoms with Crippen LogP contribution in [0.5, 0.6) is 5.75 Å². The topological polar surface area (TPSA) is 90.4 Å². The molecule has 2 heterocycles. The van der Waals surface area contributed by atoms with Crippen LogP contribution in [0.2, 0.25) is 5.02 Å². The Morgan fingerprint density at radius 3 is 2.70 bits per heavy atom. The molecule has 2 aromatic carbocycles. The molecular formula is C22H21ClN4O3. The number of amides is 2. The first kappa shape index (κ1) is 20.0. The molecule has 0 atom stereocenters.